The number of aromatic nitrogens is 2. The van der Waals surface area contributed by atoms with Crippen molar-refractivity contribution >= 4 is 5.95 Å². The number of likely N-dealkylation sites (tertiary alicyclic amines) is 1. The molecular formula is C17H24N4. The quantitative estimate of drug-likeness (QED) is 0.936. The highest BCUT2D eigenvalue weighted by molar-refractivity contribution is 5.28. The molecule has 0 saturated carbocycles. The van der Waals surface area contributed by atoms with Gasteiger partial charge in [-0.2, -0.15) is 0 Å². The molecule has 1 aromatic heterocycles. The van der Waals surface area contributed by atoms with Gasteiger partial charge in [0.1, 0.15) is 0 Å². The van der Waals surface area contributed by atoms with Gasteiger partial charge in [-0.15, -0.1) is 0 Å². The van der Waals surface area contributed by atoms with E-state index in [0.29, 0.717) is 6.04 Å². The summed E-state index contributed by atoms with van der Waals surface area (Å²) in [4.78, 5) is 7.10. The summed E-state index contributed by atoms with van der Waals surface area (Å²) < 4.78 is 2.31. The Bertz CT molecular complexity index is 576. The highest BCUT2D eigenvalue weighted by Crippen LogP contribution is 2.26. The van der Waals surface area contributed by atoms with E-state index in [2.05, 4.69) is 63.2 Å². The van der Waals surface area contributed by atoms with Crippen molar-refractivity contribution in [3.05, 3.63) is 47.8 Å². The fourth-order valence-electron chi connectivity index (χ4n) is 3.22. The van der Waals surface area contributed by atoms with Gasteiger partial charge in [-0.05, 0) is 31.9 Å². The van der Waals surface area contributed by atoms with E-state index in [1.807, 2.05) is 7.05 Å². The lowest BCUT2D eigenvalue weighted by molar-refractivity contribution is 0.171. The van der Waals surface area contributed by atoms with E-state index in [-0.39, 0.29) is 0 Å². The summed E-state index contributed by atoms with van der Waals surface area (Å²) in [6.45, 7) is 5.38. The van der Waals surface area contributed by atoms with Gasteiger partial charge in [0, 0.05) is 32.4 Å². The van der Waals surface area contributed by atoms with E-state index >= 15 is 0 Å². The maximum atomic E-state index is 4.55. The molecule has 3 rings (SSSR count). The Morgan fingerprint density at radius 2 is 2.10 bits per heavy atom. The van der Waals surface area contributed by atoms with E-state index in [4.69, 9.17) is 0 Å². The Balaban J connectivity index is 1.70. The highest BCUT2D eigenvalue weighted by Gasteiger charge is 2.23. The summed E-state index contributed by atoms with van der Waals surface area (Å²) >= 11 is 0. The monoisotopic (exact) mass is 284 g/mol. The number of imidazole rings is 1. The van der Waals surface area contributed by atoms with Crippen LogP contribution in [0.5, 0.6) is 0 Å². The minimum Gasteiger partial charge on any atom is -0.359 e. The van der Waals surface area contributed by atoms with Crippen LogP contribution >= 0.6 is 0 Å². The molecule has 0 radical (unpaired) electrons. The van der Waals surface area contributed by atoms with E-state index in [1.165, 1.54) is 24.9 Å². The first-order chi connectivity index (χ1) is 10.3. The van der Waals surface area contributed by atoms with E-state index in [1.54, 1.807) is 0 Å². The third kappa shape index (κ3) is 3.27. The largest absolute Gasteiger partial charge is 0.359 e. The molecule has 1 atom stereocenters. The van der Waals surface area contributed by atoms with E-state index < -0.39 is 0 Å². The Labute approximate surface area is 126 Å². The molecule has 0 aliphatic carbocycles. The lowest BCUT2D eigenvalue weighted by atomic mass is 10.0. The Kier molecular flexibility index (Phi) is 4.25. The molecule has 1 fully saturated rings. The predicted octanol–water partition coefficient (Wildman–Crippen LogP) is 3.07. The van der Waals surface area contributed by atoms with Crippen molar-refractivity contribution in [1.29, 1.82) is 0 Å². The van der Waals surface area contributed by atoms with Crippen LogP contribution in [-0.4, -0.2) is 34.6 Å². The lowest BCUT2D eigenvalue weighted by Gasteiger charge is -2.34. The van der Waals surface area contributed by atoms with Gasteiger partial charge in [-0.3, -0.25) is 4.90 Å². The van der Waals surface area contributed by atoms with Crippen molar-refractivity contribution in [2.45, 2.75) is 32.4 Å². The number of nitrogens with zero attached hydrogens (tertiary/aromatic N) is 3. The number of hydrogen-bond acceptors (Lipinski definition) is 3. The first kappa shape index (κ1) is 14.1. The van der Waals surface area contributed by atoms with Crippen molar-refractivity contribution in [1.82, 2.24) is 14.5 Å². The van der Waals surface area contributed by atoms with Gasteiger partial charge in [0.2, 0.25) is 5.95 Å². The van der Waals surface area contributed by atoms with Crippen molar-refractivity contribution in [3.8, 4) is 0 Å². The topological polar surface area (TPSA) is 33.1 Å². The van der Waals surface area contributed by atoms with Gasteiger partial charge in [0.15, 0.2) is 0 Å². The van der Waals surface area contributed by atoms with Gasteiger partial charge >= 0.3 is 0 Å². The second-order valence-electron chi connectivity index (χ2n) is 5.88. The standard InChI is InChI=1S/C17H24N4/c1-14-11-21(17(18-2)19-14)16-9-6-10-20(13-16)12-15-7-4-3-5-8-15/h3-5,7-8,11,16H,6,9-10,12-13H2,1-2H3,(H,18,19). The van der Waals surface area contributed by atoms with Gasteiger partial charge < -0.3 is 9.88 Å². The molecule has 21 heavy (non-hydrogen) atoms. The molecule has 0 spiro atoms. The molecule has 0 bridgehead atoms. The smallest absolute Gasteiger partial charge is 0.203 e. The summed E-state index contributed by atoms with van der Waals surface area (Å²) in [6.07, 6.45) is 4.65. The van der Waals surface area contributed by atoms with Gasteiger partial charge in [0.05, 0.1) is 5.69 Å². The molecule has 4 nitrogen and oxygen atoms in total. The SMILES string of the molecule is CNc1nc(C)cn1C1CCCN(Cc2ccccc2)C1. The van der Waals surface area contributed by atoms with Crippen LogP contribution in [0.4, 0.5) is 5.95 Å². The van der Waals surface area contributed by atoms with Crippen LogP contribution < -0.4 is 5.32 Å². The molecule has 1 aromatic carbocycles. The fraction of sp³-hybridized carbons (Fsp3) is 0.471. The first-order valence-corrected chi connectivity index (χ1v) is 7.76. The minimum atomic E-state index is 0.520. The molecule has 1 aliphatic heterocycles. The van der Waals surface area contributed by atoms with Crippen LogP contribution in [0.25, 0.3) is 0 Å². The molecule has 1 saturated heterocycles. The first-order valence-electron chi connectivity index (χ1n) is 7.76. The zero-order valence-corrected chi connectivity index (χ0v) is 12.9. The van der Waals surface area contributed by atoms with Gasteiger partial charge in [-0.25, -0.2) is 4.98 Å². The second-order valence-corrected chi connectivity index (χ2v) is 5.88. The summed E-state index contributed by atoms with van der Waals surface area (Å²) in [5.74, 6) is 0.985. The number of aryl methyl sites for hydroxylation is 1. The number of rotatable bonds is 4. The molecule has 0 amide bonds. The zero-order valence-electron chi connectivity index (χ0n) is 12.9. The third-order valence-corrected chi connectivity index (χ3v) is 4.20. The van der Waals surface area contributed by atoms with Crippen molar-refractivity contribution in [2.75, 3.05) is 25.5 Å². The number of piperidine rings is 1. The Morgan fingerprint density at radius 3 is 2.86 bits per heavy atom. The zero-order chi connectivity index (χ0) is 14.7. The van der Waals surface area contributed by atoms with E-state index in [9.17, 15) is 0 Å². The molecule has 2 aromatic rings. The number of nitrogens with one attached hydrogen (secondary N) is 1. The third-order valence-electron chi connectivity index (χ3n) is 4.20. The van der Waals surface area contributed by atoms with E-state index in [0.717, 1.165) is 24.7 Å². The van der Waals surface area contributed by atoms with Crippen LogP contribution in [0.2, 0.25) is 0 Å². The molecule has 1 unspecified atom stereocenters. The Morgan fingerprint density at radius 1 is 1.29 bits per heavy atom. The molecule has 112 valence electrons. The van der Waals surface area contributed by atoms with Crippen LogP contribution in [0.1, 0.15) is 30.1 Å². The molecule has 1 aliphatic rings. The van der Waals surface area contributed by atoms with Crippen LogP contribution in [0.3, 0.4) is 0 Å². The summed E-state index contributed by atoms with van der Waals surface area (Å²) in [7, 11) is 1.95. The van der Waals surface area contributed by atoms with Gasteiger partial charge in [-0.1, -0.05) is 30.3 Å². The maximum Gasteiger partial charge on any atom is 0.203 e. The second kappa shape index (κ2) is 6.31. The number of hydrogen-bond donors (Lipinski definition) is 1. The van der Waals surface area contributed by atoms with Crippen molar-refractivity contribution in [3.63, 3.8) is 0 Å². The molecule has 4 heteroatoms. The van der Waals surface area contributed by atoms with Crippen LogP contribution in [0, 0.1) is 6.92 Å². The molecular weight excluding hydrogens is 260 g/mol. The summed E-state index contributed by atoms with van der Waals surface area (Å²) in [5.41, 5.74) is 2.48. The number of anilines is 1. The van der Waals surface area contributed by atoms with Crippen molar-refractivity contribution < 1.29 is 0 Å². The lowest BCUT2D eigenvalue weighted by Crippen LogP contribution is -2.36. The van der Waals surface area contributed by atoms with Gasteiger partial charge in [0.25, 0.3) is 0 Å². The fourth-order valence-corrected chi connectivity index (χ4v) is 3.22. The summed E-state index contributed by atoms with van der Waals surface area (Å²) in [6, 6.07) is 11.3. The molecule has 1 N–H and O–H groups in total. The minimum absolute atomic E-state index is 0.520. The predicted molar refractivity (Wildman–Crippen MR) is 86.5 cm³/mol. The van der Waals surface area contributed by atoms with Crippen LogP contribution in [-0.2, 0) is 6.54 Å². The maximum absolute atomic E-state index is 4.55. The average Bonchev–Trinajstić information content (AvgIpc) is 2.90. The highest BCUT2D eigenvalue weighted by atomic mass is 15.2. The van der Waals surface area contributed by atoms with Crippen molar-refractivity contribution in [2.24, 2.45) is 0 Å². The molecule has 2 heterocycles. The Hall–Kier alpha value is -1.81. The van der Waals surface area contributed by atoms with Crippen LogP contribution in [0.15, 0.2) is 36.5 Å². The summed E-state index contributed by atoms with van der Waals surface area (Å²) in [5, 5.41) is 3.21. The normalized spacial score (nSPS) is 19.6. The number of benzene rings is 1. The average molecular weight is 284 g/mol.